The molecule has 0 aliphatic heterocycles. The van der Waals surface area contributed by atoms with Gasteiger partial charge in [-0.25, -0.2) is 0 Å². The number of hydrogen-bond acceptors (Lipinski definition) is 6. The second kappa shape index (κ2) is 15.0. The van der Waals surface area contributed by atoms with Crippen LogP contribution in [0.3, 0.4) is 0 Å². The van der Waals surface area contributed by atoms with E-state index in [4.69, 9.17) is 16.1 Å². The van der Waals surface area contributed by atoms with E-state index in [-0.39, 0.29) is 18.9 Å². The van der Waals surface area contributed by atoms with Gasteiger partial charge in [-0.3, -0.25) is 14.4 Å². The molecule has 0 aliphatic carbocycles. The van der Waals surface area contributed by atoms with Gasteiger partial charge in [0.2, 0.25) is 11.7 Å². The smallest absolute Gasteiger partial charge is 0.323 e. The lowest BCUT2D eigenvalue weighted by molar-refractivity contribution is -0.137. The molecular formula is C40H33ClN4O5. The molecule has 5 aromatic carbocycles. The molecular weight excluding hydrogens is 652 g/mol. The Hall–Kier alpha value is -6.06. The molecule has 0 atom stereocenters. The van der Waals surface area contributed by atoms with Crippen molar-refractivity contribution in [3.05, 3.63) is 148 Å². The largest absolute Gasteiger partial charge is 0.480 e. The van der Waals surface area contributed by atoms with Gasteiger partial charge in [0, 0.05) is 33.9 Å². The van der Waals surface area contributed by atoms with Crippen LogP contribution in [0, 0.1) is 13.8 Å². The number of aromatic nitrogens is 2. The maximum absolute atomic E-state index is 13.4. The zero-order valence-electron chi connectivity index (χ0n) is 27.4. The molecule has 250 valence electrons. The highest BCUT2D eigenvalue weighted by molar-refractivity contribution is 6.31. The minimum atomic E-state index is -1.14. The summed E-state index contributed by atoms with van der Waals surface area (Å²) in [6, 6.07) is 35.2. The van der Waals surface area contributed by atoms with E-state index in [1.165, 1.54) is 10.5 Å². The first-order chi connectivity index (χ1) is 24.1. The highest BCUT2D eigenvalue weighted by Gasteiger charge is 2.20. The Morgan fingerprint density at radius 1 is 0.760 bits per heavy atom. The van der Waals surface area contributed by atoms with Crippen LogP contribution >= 0.6 is 11.6 Å². The molecule has 0 saturated carbocycles. The molecule has 0 unspecified atom stereocenters. The van der Waals surface area contributed by atoms with Crippen LogP contribution < -0.4 is 5.32 Å². The molecule has 1 heterocycles. The zero-order valence-corrected chi connectivity index (χ0v) is 28.1. The monoisotopic (exact) mass is 684 g/mol. The summed E-state index contributed by atoms with van der Waals surface area (Å²) in [7, 11) is 0. The Bertz CT molecular complexity index is 2140. The molecule has 2 N–H and O–H groups in total. The van der Waals surface area contributed by atoms with Crippen molar-refractivity contribution in [2.75, 3.05) is 11.9 Å². The molecule has 0 fully saturated rings. The van der Waals surface area contributed by atoms with Crippen molar-refractivity contribution in [1.29, 1.82) is 0 Å². The lowest BCUT2D eigenvalue weighted by atomic mass is 10.0. The Labute approximate surface area is 294 Å². The highest BCUT2D eigenvalue weighted by Crippen LogP contribution is 2.27. The summed E-state index contributed by atoms with van der Waals surface area (Å²) in [6.07, 6.45) is 0.167. The molecule has 9 nitrogen and oxygen atoms in total. The van der Waals surface area contributed by atoms with Gasteiger partial charge < -0.3 is 19.8 Å². The van der Waals surface area contributed by atoms with Gasteiger partial charge in [0.25, 0.3) is 11.8 Å². The number of nitrogens with zero attached hydrogens (tertiary/aromatic N) is 3. The minimum absolute atomic E-state index is 0.0647. The van der Waals surface area contributed by atoms with Crippen LogP contribution in [0.4, 0.5) is 5.69 Å². The first-order valence-electron chi connectivity index (χ1n) is 15.9. The number of carbonyl (C=O) groups is 3. The molecule has 0 radical (unpaired) electrons. The van der Waals surface area contributed by atoms with Gasteiger partial charge in [0.15, 0.2) is 0 Å². The molecule has 10 heteroatoms. The fourth-order valence-corrected chi connectivity index (χ4v) is 5.56. The third-order valence-corrected chi connectivity index (χ3v) is 8.57. The van der Waals surface area contributed by atoms with E-state index in [2.05, 4.69) is 46.6 Å². The predicted molar refractivity (Wildman–Crippen MR) is 193 cm³/mol. The number of carboxylic acids is 1. The molecule has 50 heavy (non-hydrogen) atoms. The number of nitrogens with one attached hydrogen (secondary N) is 1. The summed E-state index contributed by atoms with van der Waals surface area (Å²) < 4.78 is 5.54. The van der Waals surface area contributed by atoms with E-state index in [9.17, 15) is 19.5 Å². The van der Waals surface area contributed by atoms with Crippen LogP contribution in [0.2, 0.25) is 5.02 Å². The van der Waals surface area contributed by atoms with Crippen molar-refractivity contribution in [3.8, 4) is 34.0 Å². The topological polar surface area (TPSA) is 126 Å². The van der Waals surface area contributed by atoms with Crippen molar-refractivity contribution in [2.24, 2.45) is 0 Å². The van der Waals surface area contributed by atoms with Crippen LogP contribution in [0.5, 0.6) is 0 Å². The van der Waals surface area contributed by atoms with Crippen LogP contribution in [-0.4, -0.2) is 44.5 Å². The van der Waals surface area contributed by atoms with Crippen molar-refractivity contribution >= 4 is 35.1 Å². The second-order valence-corrected chi connectivity index (χ2v) is 12.4. The Balaban J connectivity index is 1.08. The normalized spacial score (nSPS) is 10.9. The third kappa shape index (κ3) is 8.32. The first-order valence-corrected chi connectivity index (χ1v) is 16.3. The van der Waals surface area contributed by atoms with Crippen LogP contribution in [0.25, 0.3) is 34.0 Å². The summed E-state index contributed by atoms with van der Waals surface area (Å²) in [5.74, 6) is -1.01. The summed E-state index contributed by atoms with van der Waals surface area (Å²) in [5, 5.41) is 17.2. The van der Waals surface area contributed by atoms with Gasteiger partial charge in [-0.15, -0.1) is 0 Å². The van der Waals surface area contributed by atoms with E-state index in [1.54, 1.807) is 60.7 Å². The SMILES string of the molecule is Cc1ccc(-c2ccc(-c3nc(-c4ccc(CN(CC(=O)O)C(=O)c5ccc(NC(=O)Cc6ccc(Cl)c(C)c6)cc5)cc4)no3)cc2)cc1. The summed E-state index contributed by atoms with van der Waals surface area (Å²) in [4.78, 5) is 43.5. The maximum atomic E-state index is 13.4. The van der Waals surface area contributed by atoms with Crippen molar-refractivity contribution in [2.45, 2.75) is 26.8 Å². The van der Waals surface area contributed by atoms with Gasteiger partial charge in [-0.2, -0.15) is 4.98 Å². The Morgan fingerprint density at radius 2 is 1.36 bits per heavy atom. The lowest BCUT2D eigenvalue weighted by Crippen LogP contribution is -2.35. The third-order valence-electron chi connectivity index (χ3n) is 8.14. The molecule has 6 aromatic rings. The molecule has 0 aliphatic rings. The average Bonchev–Trinajstić information content (AvgIpc) is 3.61. The number of benzene rings is 5. The number of hydrogen-bond donors (Lipinski definition) is 2. The zero-order chi connectivity index (χ0) is 35.2. The maximum Gasteiger partial charge on any atom is 0.323 e. The fraction of sp³-hybridized carbons (Fsp3) is 0.125. The molecule has 1 aromatic heterocycles. The van der Waals surface area contributed by atoms with Gasteiger partial charge in [-0.05, 0) is 84.1 Å². The quantitative estimate of drug-likeness (QED) is 0.141. The number of aryl methyl sites for hydroxylation is 2. The van der Waals surface area contributed by atoms with Gasteiger partial charge in [-0.1, -0.05) is 95.1 Å². The minimum Gasteiger partial charge on any atom is -0.480 e. The second-order valence-electron chi connectivity index (χ2n) is 12.0. The van der Waals surface area contributed by atoms with Gasteiger partial charge >= 0.3 is 5.97 Å². The van der Waals surface area contributed by atoms with E-state index >= 15 is 0 Å². The van der Waals surface area contributed by atoms with Gasteiger partial charge in [0.1, 0.15) is 6.54 Å². The number of amides is 2. The molecule has 6 rings (SSSR count). The van der Waals surface area contributed by atoms with Crippen molar-refractivity contribution < 1.29 is 24.0 Å². The first kappa shape index (κ1) is 33.8. The number of carboxylic acid groups (broad SMARTS) is 1. The summed E-state index contributed by atoms with van der Waals surface area (Å²) in [5.41, 5.74) is 8.16. The van der Waals surface area contributed by atoms with E-state index in [0.717, 1.165) is 33.4 Å². The number of rotatable bonds is 11. The predicted octanol–water partition coefficient (Wildman–Crippen LogP) is 8.25. The molecule has 0 spiro atoms. The van der Waals surface area contributed by atoms with E-state index in [1.807, 2.05) is 37.3 Å². The molecule has 0 bridgehead atoms. The number of aliphatic carboxylic acids is 1. The molecule has 2 amide bonds. The van der Waals surface area contributed by atoms with E-state index in [0.29, 0.717) is 33.6 Å². The summed E-state index contributed by atoms with van der Waals surface area (Å²) in [6.45, 7) is 3.51. The number of anilines is 1. The van der Waals surface area contributed by atoms with Crippen LogP contribution in [-0.2, 0) is 22.6 Å². The van der Waals surface area contributed by atoms with Gasteiger partial charge in [0.05, 0.1) is 6.42 Å². The average molecular weight is 685 g/mol. The molecule has 0 saturated heterocycles. The van der Waals surface area contributed by atoms with Crippen molar-refractivity contribution in [3.63, 3.8) is 0 Å². The number of halogens is 1. The van der Waals surface area contributed by atoms with Crippen molar-refractivity contribution in [1.82, 2.24) is 15.0 Å². The van der Waals surface area contributed by atoms with Crippen LogP contribution in [0.15, 0.2) is 120 Å². The lowest BCUT2D eigenvalue weighted by Gasteiger charge is -2.21. The standard InChI is InChI=1S/C40H33ClN4O5/c1-25-3-8-29(9-4-25)30-12-14-32(15-13-30)39-43-38(44-50-39)31-10-5-27(6-11-31)23-45(24-37(47)48)40(49)33-16-18-34(19-17-33)42-36(46)22-28-7-20-35(41)26(2)21-28/h3-21H,22-24H2,1-2H3,(H,42,46)(H,47,48). The Kier molecular flexibility index (Phi) is 10.2. The number of carbonyl (C=O) groups excluding carboxylic acids is 2. The Morgan fingerprint density at radius 3 is 2.00 bits per heavy atom. The highest BCUT2D eigenvalue weighted by atomic mass is 35.5. The van der Waals surface area contributed by atoms with E-state index < -0.39 is 18.4 Å². The fourth-order valence-electron chi connectivity index (χ4n) is 5.44. The summed E-state index contributed by atoms with van der Waals surface area (Å²) >= 11 is 6.08. The van der Waals surface area contributed by atoms with Crippen LogP contribution in [0.1, 0.15) is 32.6 Å².